The molecule has 2 aliphatic rings. The molecule has 0 aliphatic carbocycles. The lowest BCUT2D eigenvalue weighted by molar-refractivity contribution is 0.00578. The maximum absolute atomic E-state index is 6.30. The van der Waals surface area contributed by atoms with Crippen molar-refractivity contribution in [3.05, 3.63) is 60.6 Å². The summed E-state index contributed by atoms with van der Waals surface area (Å²) in [6, 6.07) is 10.6. The van der Waals surface area contributed by atoms with Crippen LogP contribution in [-0.2, 0) is 9.31 Å². The molecule has 3 heterocycles. The predicted molar refractivity (Wildman–Crippen MR) is 110 cm³/mol. The molecule has 1 aromatic carbocycles. The summed E-state index contributed by atoms with van der Waals surface area (Å²) in [5, 5.41) is 0. The van der Waals surface area contributed by atoms with E-state index < -0.39 is 0 Å². The average Bonchev–Trinajstić information content (AvgIpc) is 2.90. The van der Waals surface area contributed by atoms with E-state index in [-0.39, 0.29) is 24.2 Å². The molecule has 27 heavy (non-hydrogen) atoms. The Morgan fingerprint density at radius 2 is 1.81 bits per heavy atom. The van der Waals surface area contributed by atoms with Crippen molar-refractivity contribution in [1.29, 1.82) is 0 Å². The van der Waals surface area contributed by atoms with Gasteiger partial charge in [0.1, 0.15) is 0 Å². The number of allylic oxidation sites excluding steroid dienone is 1. The zero-order chi connectivity index (χ0) is 19.1. The molecule has 1 fully saturated rings. The standard InChI is InChI=1S/C22H25BN2O2/c1-21(2)22(3,4)27-23(26-21)20-12-18(16-7-5-9-24-14-16)11-19(13-20)17-8-6-10-25-15-17/h5-7,9-15,17H,8H2,1-4H3. The Hall–Kier alpha value is -2.24. The van der Waals surface area contributed by atoms with E-state index in [1.807, 2.05) is 24.7 Å². The first kappa shape index (κ1) is 18.1. The van der Waals surface area contributed by atoms with Gasteiger partial charge in [-0.15, -0.1) is 0 Å². The van der Waals surface area contributed by atoms with Crippen LogP contribution in [0.3, 0.4) is 0 Å². The molecule has 0 spiro atoms. The van der Waals surface area contributed by atoms with Gasteiger partial charge in [0, 0.05) is 30.7 Å². The van der Waals surface area contributed by atoms with Gasteiger partial charge in [-0.2, -0.15) is 0 Å². The fraction of sp³-hybridized carbons (Fsp3) is 0.364. The number of aromatic nitrogens is 1. The van der Waals surface area contributed by atoms with Crippen molar-refractivity contribution in [3.63, 3.8) is 0 Å². The number of hydrogen-bond donors (Lipinski definition) is 0. The van der Waals surface area contributed by atoms with Crippen molar-refractivity contribution in [2.45, 2.75) is 51.2 Å². The summed E-state index contributed by atoms with van der Waals surface area (Å²) in [5.41, 5.74) is 3.73. The van der Waals surface area contributed by atoms with Crippen LogP contribution in [0.5, 0.6) is 0 Å². The molecule has 0 amide bonds. The second-order valence-electron chi connectivity index (χ2n) is 8.24. The van der Waals surface area contributed by atoms with Gasteiger partial charge in [0.15, 0.2) is 0 Å². The quantitative estimate of drug-likeness (QED) is 0.774. The van der Waals surface area contributed by atoms with Gasteiger partial charge in [0.05, 0.1) is 11.2 Å². The molecular weight excluding hydrogens is 335 g/mol. The number of nitrogens with zero attached hydrogens (tertiary/aromatic N) is 2. The number of rotatable bonds is 3. The lowest BCUT2D eigenvalue weighted by Gasteiger charge is -2.32. The molecule has 4 rings (SSSR count). The Kier molecular flexibility index (Phi) is 4.53. The second kappa shape index (κ2) is 6.73. The molecule has 0 bridgehead atoms. The summed E-state index contributed by atoms with van der Waals surface area (Å²) < 4.78 is 12.6. The van der Waals surface area contributed by atoms with Crippen molar-refractivity contribution in [1.82, 2.24) is 4.98 Å². The summed E-state index contributed by atoms with van der Waals surface area (Å²) >= 11 is 0. The molecule has 1 aromatic heterocycles. The summed E-state index contributed by atoms with van der Waals surface area (Å²) in [5.74, 6) is 0.257. The van der Waals surface area contributed by atoms with Gasteiger partial charge in [-0.3, -0.25) is 9.98 Å². The fourth-order valence-corrected chi connectivity index (χ4v) is 3.41. The minimum Gasteiger partial charge on any atom is -0.399 e. The van der Waals surface area contributed by atoms with Crippen LogP contribution in [0.1, 0.15) is 45.6 Å². The molecule has 138 valence electrons. The van der Waals surface area contributed by atoms with Crippen LogP contribution in [0.4, 0.5) is 0 Å². The van der Waals surface area contributed by atoms with Crippen molar-refractivity contribution in [2.75, 3.05) is 0 Å². The Morgan fingerprint density at radius 1 is 1.04 bits per heavy atom. The summed E-state index contributed by atoms with van der Waals surface area (Å²) in [4.78, 5) is 8.61. The molecule has 2 aromatic rings. The normalized spacial score (nSPS) is 23.0. The first-order valence-electron chi connectivity index (χ1n) is 9.45. The Labute approximate surface area is 161 Å². The van der Waals surface area contributed by atoms with Gasteiger partial charge in [-0.05, 0) is 62.3 Å². The molecule has 0 saturated carbocycles. The Bertz CT molecular complexity index is 874. The molecule has 1 saturated heterocycles. The van der Waals surface area contributed by atoms with Crippen LogP contribution in [0, 0.1) is 0 Å². The van der Waals surface area contributed by atoms with Gasteiger partial charge >= 0.3 is 7.12 Å². The van der Waals surface area contributed by atoms with E-state index in [1.165, 1.54) is 5.56 Å². The topological polar surface area (TPSA) is 43.7 Å². The predicted octanol–water partition coefficient (Wildman–Crippen LogP) is 4.12. The highest BCUT2D eigenvalue weighted by atomic mass is 16.7. The third-order valence-corrected chi connectivity index (χ3v) is 5.77. The molecule has 5 heteroatoms. The molecule has 1 atom stereocenters. The fourth-order valence-electron chi connectivity index (χ4n) is 3.41. The zero-order valence-corrected chi connectivity index (χ0v) is 16.3. The molecular formula is C22H25BN2O2. The van der Waals surface area contributed by atoms with Crippen LogP contribution in [-0.4, -0.2) is 29.5 Å². The van der Waals surface area contributed by atoms with Gasteiger partial charge in [-0.25, -0.2) is 0 Å². The number of hydrogen-bond acceptors (Lipinski definition) is 4. The second-order valence-corrected chi connectivity index (χ2v) is 8.24. The minimum atomic E-state index is -0.388. The van der Waals surface area contributed by atoms with Gasteiger partial charge in [0.2, 0.25) is 0 Å². The highest BCUT2D eigenvalue weighted by Crippen LogP contribution is 2.37. The van der Waals surface area contributed by atoms with Crippen molar-refractivity contribution in [3.8, 4) is 11.1 Å². The Balaban J connectivity index is 1.77. The van der Waals surface area contributed by atoms with Gasteiger partial charge < -0.3 is 9.31 Å². The van der Waals surface area contributed by atoms with E-state index in [2.05, 4.69) is 68.0 Å². The smallest absolute Gasteiger partial charge is 0.399 e. The van der Waals surface area contributed by atoms with E-state index in [0.717, 1.165) is 23.0 Å². The number of pyridine rings is 1. The lowest BCUT2D eigenvalue weighted by Crippen LogP contribution is -2.41. The third-order valence-electron chi connectivity index (χ3n) is 5.77. The summed E-state index contributed by atoms with van der Waals surface area (Å²) in [6.07, 6.45) is 10.6. The maximum Gasteiger partial charge on any atom is 0.494 e. The van der Waals surface area contributed by atoms with E-state index in [9.17, 15) is 0 Å². The third kappa shape index (κ3) is 3.49. The molecule has 4 nitrogen and oxygen atoms in total. The molecule has 1 unspecified atom stereocenters. The van der Waals surface area contributed by atoms with Crippen LogP contribution in [0.25, 0.3) is 11.1 Å². The Morgan fingerprint density at radius 3 is 2.44 bits per heavy atom. The molecule has 0 N–H and O–H groups in total. The average molecular weight is 360 g/mol. The van der Waals surface area contributed by atoms with Crippen LogP contribution < -0.4 is 5.46 Å². The summed E-state index contributed by atoms with van der Waals surface area (Å²) in [6.45, 7) is 8.32. The van der Waals surface area contributed by atoms with Gasteiger partial charge in [-0.1, -0.05) is 30.3 Å². The minimum absolute atomic E-state index is 0.257. The number of benzene rings is 1. The van der Waals surface area contributed by atoms with Crippen LogP contribution in [0.2, 0.25) is 0 Å². The highest BCUT2D eigenvalue weighted by Gasteiger charge is 2.51. The van der Waals surface area contributed by atoms with Crippen molar-refractivity contribution in [2.24, 2.45) is 4.99 Å². The van der Waals surface area contributed by atoms with Crippen LogP contribution >= 0.6 is 0 Å². The van der Waals surface area contributed by atoms with Gasteiger partial charge in [0.25, 0.3) is 0 Å². The van der Waals surface area contributed by atoms with E-state index in [0.29, 0.717) is 0 Å². The zero-order valence-electron chi connectivity index (χ0n) is 16.3. The highest BCUT2D eigenvalue weighted by molar-refractivity contribution is 6.62. The maximum atomic E-state index is 6.30. The van der Waals surface area contributed by atoms with E-state index >= 15 is 0 Å². The monoisotopic (exact) mass is 360 g/mol. The van der Waals surface area contributed by atoms with Crippen LogP contribution in [0.15, 0.2) is 60.0 Å². The van der Waals surface area contributed by atoms with E-state index in [1.54, 1.807) is 6.20 Å². The number of aliphatic imine (C=N–C) groups is 1. The first-order valence-corrected chi connectivity index (χ1v) is 9.45. The van der Waals surface area contributed by atoms with Crippen molar-refractivity contribution < 1.29 is 9.31 Å². The lowest BCUT2D eigenvalue weighted by atomic mass is 9.75. The SMILES string of the molecule is CC1(C)OB(c2cc(-c3cccnc3)cc(C3C=NC=CC3)c2)OC1(C)C. The first-order chi connectivity index (χ1) is 12.9. The van der Waals surface area contributed by atoms with Crippen molar-refractivity contribution >= 4 is 18.8 Å². The van der Waals surface area contributed by atoms with E-state index in [4.69, 9.17) is 9.31 Å². The molecule has 2 aliphatic heterocycles. The summed E-state index contributed by atoms with van der Waals surface area (Å²) in [7, 11) is -0.388. The largest absolute Gasteiger partial charge is 0.494 e. The molecule has 0 radical (unpaired) electrons.